The zero-order valence-corrected chi connectivity index (χ0v) is 21.0. The van der Waals surface area contributed by atoms with Gasteiger partial charge in [-0.3, -0.25) is 4.99 Å². The van der Waals surface area contributed by atoms with Crippen molar-refractivity contribution in [1.29, 1.82) is 0 Å². The Balaban J connectivity index is 0.00000320. The number of benzene rings is 1. The molecule has 2 fully saturated rings. The molecule has 1 unspecified atom stereocenters. The summed E-state index contributed by atoms with van der Waals surface area (Å²) in [6.45, 7) is 5.65. The number of methoxy groups -OCH3 is 1. The molecular formula is C23H38IN3O3. The van der Waals surface area contributed by atoms with Crippen LogP contribution in [0.3, 0.4) is 0 Å². The molecule has 3 rings (SSSR count). The summed E-state index contributed by atoms with van der Waals surface area (Å²) in [6.07, 6.45) is 8.01. The molecule has 0 radical (unpaired) electrons. The molecule has 0 aromatic heterocycles. The number of aliphatic imine (C=N–C) groups is 1. The number of para-hydroxylation sites is 2. The molecule has 1 aromatic carbocycles. The molecule has 1 heterocycles. The average Bonchev–Trinajstić information content (AvgIpc) is 3.27. The summed E-state index contributed by atoms with van der Waals surface area (Å²) >= 11 is 0. The van der Waals surface area contributed by atoms with Gasteiger partial charge in [-0.15, -0.1) is 24.0 Å². The van der Waals surface area contributed by atoms with Crippen molar-refractivity contribution >= 4 is 29.9 Å². The summed E-state index contributed by atoms with van der Waals surface area (Å²) in [6, 6.07) is 7.74. The van der Waals surface area contributed by atoms with E-state index < -0.39 is 0 Å². The third kappa shape index (κ3) is 7.48. The average molecular weight is 531 g/mol. The Morgan fingerprint density at radius 3 is 2.43 bits per heavy atom. The molecule has 0 bridgehead atoms. The first-order chi connectivity index (χ1) is 14.2. The molecule has 1 saturated heterocycles. The Morgan fingerprint density at radius 2 is 1.80 bits per heavy atom. The molecule has 1 N–H and O–H groups in total. The maximum Gasteiger partial charge on any atom is 0.193 e. The third-order valence-electron chi connectivity index (χ3n) is 5.94. The van der Waals surface area contributed by atoms with E-state index in [2.05, 4.69) is 22.1 Å². The Labute approximate surface area is 198 Å². The Kier molecular flexibility index (Phi) is 11.1. The highest BCUT2D eigenvalue weighted by Gasteiger charge is 2.24. The minimum Gasteiger partial charge on any atom is -0.493 e. The number of ether oxygens (including phenoxy) is 3. The molecule has 7 heteroatoms. The molecule has 1 aliphatic heterocycles. The van der Waals surface area contributed by atoms with Gasteiger partial charge in [-0.2, -0.15) is 0 Å². The van der Waals surface area contributed by atoms with E-state index in [-0.39, 0.29) is 30.1 Å². The van der Waals surface area contributed by atoms with Gasteiger partial charge in [-0.05, 0) is 50.7 Å². The fourth-order valence-electron chi connectivity index (χ4n) is 4.23. The van der Waals surface area contributed by atoms with E-state index in [0.29, 0.717) is 12.6 Å². The van der Waals surface area contributed by atoms with Crippen molar-refractivity contribution < 1.29 is 14.2 Å². The van der Waals surface area contributed by atoms with Crippen molar-refractivity contribution in [2.75, 3.05) is 40.4 Å². The van der Waals surface area contributed by atoms with Crippen LogP contribution in [0, 0.1) is 5.92 Å². The lowest BCUT2D eigenvalue weighted by atomic mass is 10.1. The Hall–Kier alpha value is -1.22. The molecule has 1 aliphatic carbocycles. The minimum absolute atomic E-state index is 0. The van der Waals surface area contributed by atoms with Gasteiger partial charge < -0.3 is 24.4 Å². The van der Waals surface area contributed by atoms with Crippen LogP contribution < -0.4 is 14.8 Å². The van der Waals surface area contributed by atoms with Crippen molar-refractivity contribution in [3.63, 3.8) is 0 Å². The quantitative estimate of drug-likeness (QED) is 0.308. The van der Waals surface area contributed by atoms with Gasteiger partial charge in [0.25, 0.3) is 0 Å². The highest BCUT2D eigenvalue weighted by atomic mass is 127. The lowest BCUT2D eigenvalue weighted by Gasteiger charge is -2.34. The monoisotopic (exact) mass is 531 g/mol. The minimum atomic E-state index is -0.00432. The third-order valence-corrected chi connectivity index (χ3v) is 5.94. The van der Waals surface area contributed by atoms with Crippen LogP contribution in [-0.4, -0.2) is 63.5 Å². The fourth-order valence-corrected chi connectivity index (χ4v) is 4.23. The second kappa shape index (κ2) is 13.2. The van der Waals surface area contributed by atoms with E-state index in [0.717, 1.165) is 55.9 Å². The molecule has 170 valence electrons. The zero-order valence-electron chi connectivity index (χ0n) is 18.6. The first-order valence-corrected chi connectivity index (χ1v) is 11.1. The van der Waals surface area contributed by atoms with Crippen molar-refractivity contribution in [1.82, 2.24) is 10.2 Å². The van der Waals surface area contributed by atoms with Gasteiger partial charge in [0.05, 0.1) is 19.8 Å². The van der Waals surface area contributed by atoms with Gasteiger partial charge in [0, 0.05) is 26.7 Å². The SMILES string of the molecule is CN=C(NCC(C)Oc1ccccc1OC)N1CCC(OCC2CCCC2)CC1.I. The van der Waals surface area contributed by atoms with Crippen LogP contribution in [0.15, 0.2) is 29.3 Å². The maximum atomic E-state index is 6.20. The van der Waals surface area contributed by atoms with Crippen LogP contribution >= 0.6 is 24.0 Å². The largest absolute Gasteiger partial charge is 0.493 e. The molecule has 1 atom stereocenters. The maximum absolute atomic E-state index is 6.20. The molecule has 1 saturated carbocycles. The Bertz CT molecular complexity index is 644. The lowest BCUT2D eigenvalue weighted by Crippen LogP contribution is -2.48. The zero-order chi connectivity index (χ0) is 20.5. The molecular weight excluding hydrogens is 493 g/mol. The Morgan fingerprint density at radius 1 is 1.13 bits per heavy atom. The smallest absolute Gasteiger partial charge is 0.193 e. The predicted molar refractivity (Wildman–Crippen MR) is 132 cm³/mol. The predicted octanol–water partition coefficient (Wildman–Crippen LogP) is 4.33. The molecule has 0 spiro atoms. The number of hydrogen-bond acceptors (Lipinski definition) is 4. The van der Waals surface area contributed by atoms with Crippen molar-refractivity contribution in [2.24, 2.45) is 10.9 Å². The van der Waals surface area contributed by atoms with Crippen LogP contribution in [-0.2, 0) is 4.74 Å². The molecule has 2 aliphatic rings. The number of nitrogens with one attached hydrogen (secondary N) is 1. The summed E-state index contributed by atoms with van der Waals surface area (Å²) in [4.78, 5) is 6.79. The van der Waals surface area contributed by atoms with Crippen LogP contribution in [0.4, 0.5) is 0 Å². The second-order valence-electron chi connectivity index (χ2n) is 8.18. The number of piperidine rings is 1. The highest BCUT2D eigenvalue weighted by Crippen LogP contribution is 2.27. The number of halogens is 1. The van der Waals surface area contributed by atoms with Gasteiger partial charge in [0.15, 0.2) is 17.5 Å². The van der Waals surface area contributed by atoms with E-state index in [9.17, 15) is 0 Å². The summed E-state index contributed by atoms with van der Waals surface area (Å²) in [5.41, 5.74) is 0. The topological polar surface area (TPSA) is 55.3 Å². The van der Waals surface area contributed by atoms with Crippen LogP contribution in [0.2, 0.25) is 0 Å². The van der Waals surface area contributed by atoms with Crippen molar-refractivity contribution in [3.05, 3.63) is 24.3 Å². The number of hydrogen-bond donors (Lipinski definition) is 1. The van der Waals surface area contributed by atoms with Gasteiger partial charge >= 0.3 is 0 Å². The molecule has 6 nitrogen and oxygen atoms in total. The first-order valence-electron chi connectivity index (χ1n) is 11.1. The summed E-state index contributed by atoms with van der Waals surface area (Å²) in [5, 5.41) is 3.46. The summed E-state index contributed by atoms with van der Waals surface area (Å²) in [5.74, 6) is 3.25. The number of guanidine groups is 1. The van der Waals surface area contributed by atoms with E-state index in [4.69, 9.17) is 14.2 Å². The van der Waals surface area contributed by atoms with Gasteiger partial charge in [0.2, 0.25) is 0 Å². The van der Waals surface area contributed by atoms with E-state index in [1.54, 1.807) is 7.11 Å². The van der Waals surface area contributed by atoms with Gasteiger partial charge in [-0.1, -0.05) is 25.0 Å². The van der Waals surface area contributed by atoms with E-state index in [1.165, 1.54) is 25.7 Å². The standard InChI is InChI=1S/C23H37N3O3.HI/c1-18(29-22-11-7-6-10-21(22)27-3)16-25-23(24-2)26-14-12-20(13-15-26)28-17-19-8-4-5-9-19;/h6-7,10-11,18-20H,4-5,8-9,12-17H2,1-3H3,(H,24,25);1H. The highest BCUT2D eigenvalue weighted by molar-refractivity contribution is 14.0. The molecule has 1 aromatic rings. The van der Waals surface area contributed by atoms with E-state index >= 15 is 0 Å². The van der Waals surface area contributed by atoms with Crippen LogP contribution in [0.1, 0.15) is 45.4 Å². The van der Waals surface area contributed by atoms with Gasteiger partial charge in [-0.25, -0.2) is 0 Å². The lowest BCUT2D eigenvalue weighted by molar-refractivity contribution is 0.000961. The molecule has 0 amide bonds. The number of likely N-dealkylation sites (tertiary alicyclic amines) is 1. The number of nitrogens with zero attached hydrogens (tertiary/aromatic N) is 2. The summed E-state index contributed by atoms with van der Waals surface area (Å²) in [7, 11) is 3.50. The normalized spacial score (nSPS) is 19.3. The van der Waals surface area contributed by atoms with Gasteiger partial charge in [0.1, 0.15) is 6.10 Å². The van der Waals surface area contributed by atoms with Crippen LogP contribution in [0.25, 0.3) is 0 Å². The van der Waals surface area contributed by atoms with Crippen LogP contribution in [0.5, 0.6) is 11.5 Å². The second-order valence-corrected chi connectivity index (χ2v) is 8.18. The van der Waals surface area contributed by atoms with Crippen molar-refractivity contribution in [3.8, 4) is 11.5 Å². The fraction of sp³-hybridized carbons (Fsp3) is 0.696. The van der Waals surface area contributed by atoms with E-state index in [1.807, 2.05) is 31.3 Å². The number of rotatable bonds is 8. The summed E-state index contributed by atoms with van der Waals surface area (Å²) < 4.78 is 17.6. The van der Waals surface area contributed by atoms with Crippen molar-refractivity contribution in [2.45, 2.75) is 57.7 Å². The first kappa shape index (κ1) is 25.0. The molecule has 30 heavy (non-hydrogen) atoms.